The molecule has 0 aliphatic rings. The van der Waals surface area contributed by atoms with Crippen molar-refractivity contribution >= 4 is 19.8 Å². The molecule has 0 spiro atoms. The molecule has 0 amide bonds. The van der Waals surface area contributed by atoms with Gasteiger partial charge in [-0.25, -0.2) is 4.57 Å². The highest BCUT2D eigenvalue weighted by molar-refractivity contribution is 7.47. The van der Waals surface area contributed by atoms with Gasteiger partial charge in [-0.1, -0.05) is 283 Å². The molecule has 0 aromatic heterocycles. The molecule has 0 rings (SSSR count). The second-order valence-corrected chi connectivity index (χ2v) is 22.0. The van der Waals surface area contributed by atoms with Crippen molar-refractivity contribution in [2.24, 2.45) is 5.73 Å². The molecule has 0 saturated carbocycles. The van der Waals surface area contributed by atoms with Crippen LogP contribution in [0.5, 0.6) is 0 Å². The zero-order valence-corrected chi connectivity index (χ0v) is 46.7. The summed E-state index contributed by atoms with van der Waals surface area (Å²) in [7, 11) is -4.38. The van der Waals surface area contributed by atoms with E-state index in [1.165, 1.54) is 244 Å². The minimum atomic E-state index is -4.38. The summed E-state index contributed by atoms with van der Waals surface area (Å²) in [5.41, 5.74) is 5.38. The molecule has 0 aromatic rings. The van der Waals surface area contributed by atoms with Gasteiger partial charge >= 0.3 is 19.8 Å². The summed E-state index contributed by atoms with van der Waals surface area (Å²) < 4.78 is 33.0. The Morgan fingerprint density at radius 1 is 0.420 bits per heavy atom. The van der Waals surface area contributed by atoms with Crippen LogP contribution in [0.25, 0.3) is 0 Å². The number of ether oxygens (including phenoxy) is 2. The van der Waals surface area contributed by atoms with Gasteiger partial charge in [0.05, 0.1) is 13.2 Å². The lowest BCUT2D eigenvalue weighted by Crippen LogP contribution is -2.29. The van der Waals surface area contributed by atoms with Crippen LogP contribution >= 0.6 is 7.82 Å². The maximum atomic E-state index is 12.7. The van der Waals surface area contributed by atoms with Gasteiger partial charge in [-0.3, -0.25) is 18.6 Å². The number of phosphoric ester groups is 1. The minimum Gasteiger partial charge on any atom is -0.462 e. The number of hydrogen-bond acceptors (Lipinski definition) is 8. The van der Waals surface area contributed by atoms with Crippen molar-refractivity contribution in [3.63, 3.8) is 0 Å². The summed E-state index contributed by atoms with van der Waals surface area (Å²) in [4.78, 5) is 35.2. The van der Waals surface area contributed by atoms with Crippen molar-refractivity contribution in [3.05, 3.63) is 12.2 Å². The fourth-order valence-corrected chi connectivity index (χ4v) is 9.93. The maximum absolute atomic E-state index is 12.7. The highest BCUT2D eigenvalue weighted by Gasteiger charge is 2.26. The minimum absolute atomic E-state index is 0.0559. The zero-order chi connectivity index (χ0) is 50.2. The molecule has 0 aliphatic heterocycles. The first-order valence-electron chi connectivity index (χ1n) is 30.2. The third-order valence-electron chi connectivity index (χ3n) is 13.7. The number of phosphoric acid groups is 1. The fraction of sp³-hybridized carbons (Fsp3) is 0.932. The lowest BCUT2D eigenvalue weighted by molar-refractivity contribution is -0.161. The molecule has 410 valence electrons. The van der Waals surface area contributed by atoms with Crippen LogP contribution in [0.2, 0.25) is 0 Å². The quantitative estimate of drug-likeness (QED) is 0.0264. The highest BCUT2D eigenvalue weighted by atomic mass is 31.2. The molecule has 9 nitrogen and oxygen atoms in total. The van der Waals surface area contributed by atoms with Crippen LogP contribution in [0.3, 0.4) is 0 Å². The molecule has 0 aromatic carbocycles. The number of carbonyl (C=O) groups is 2. The van der Waals surface area contributed by atoms with Gasteiger partial charge in [-0.05, 0) is 38.5 Å². The molecular weight excluding hydrogens is 882 g/mol. The number of nitrogens with two attached hydrogens (primary N) is 1. The zero-order valence-electron chi connectivity index (χ0n) is 45.8. The Morgan fingerprint density at radius 3 is 1.03 bits per heavy atom. The summed E-state index contributed by atoms with van der Waals surface area (Å²) in [5, 5.41) is 0. The molecule has 0 fully saturated rings. The smallest absolute Gasteiger partial charge is 0.462 e. The van der Waals surface area contributed by atoms with Crippen LogP contribution in [-0.2, 0) is 32.7 Å². The first-order chi connectivity index (χ1) is 33.8. The number of allylic oxidation sites excluding steroid dienone is 2. The number of rotatable bonds is 58. The van der Waals surface area contributed by atoms with Crippen molar-refractivity contribution < 1.29 is 37.6 Å². The van der Waals surface area contributed by atoms with Crippen LogP contribution in [0.4, 0.5) is 0 Å². The van der Waals surface area contributed by atoms with Crippen molar-refractivity contribution in [1.29, 1.82) is 0 Å². The van der Waals surface area contributed by atoms with E-state index in [-0.39, 0.29) is 38.6 Å². The van der Waals surface area contributed by atoms with E-state index < -0.39 is 26.5 Å². The Kier molecular flexibility index (Phi) is 55.0. The normalized spacial score (nSPS) is 13.0. The number of hydrogen-bond donors (Lipinski definition) is 2. The van der Waals surface area contributed by atoms with E-state index >= 15 is 0 Å². The number of esters is 2. The van der Waals surface area contributed by atoms with Gasteiger partial charge in [0.25, 0.3) is 0 Å². The van der Waals surface area contributed by atoms with E-state index in [1.54, 1.807) is 0 Å². The monoisotopic (exact) mass is 998 g/mol. The van der Waals surface area contributed by atoms with E-state index in [2.05, 4.69) is 26.0 Å². The molecule has 0 aliphatic carbocycles. The van der Waals surface area contributed by atoms with E-state index in [4.69, 9.17) is 24.3 Å². The van der Waals surface area contributed by atoms with Crippen LogP contribution in [0.1, 0.15) is 322 Å². The Labute approximate surface area is 428 Å². The SMILES string of the molecule is CCCCCCCCC/C=C\CCCCCCCCCC(=O)OC(COC(=O)CCCCCCCCCCCCCCCCCCCCCCCCCCCCCCCC)COP(=O)(O)OCCN. The molecule has 10 heteroatoms. The lowest BCUT2D eigenvalue weighted by Gasteiger charge is -2.19. The second kappa shape index (κ2) is 56.1. The van der Waals surface area contributed by atoms with E-state index in [1.807, 2.05) is 0 Å². The Bertz CT molecular complexity index is 1140. The Morgan fingerprint density at radius 2 is 0.710 bits per heavy atom. The van der Waals surface area contributed by atoms with Crippen LogP contribution in [0, 0.1) is 0 Å². The van der Waals surface area contributed by atoms with Crippen LogP contribution in [0.15, 0.2) is 12.2 Å². The van der Waals surface area contributed by atoms with E-state index in [0.29, 0.717) is 6.42 Å². The van der Waals surface area contributed by atoms with Gasteiger partial charge in [0, 0.05) is 19.4 Å². The molecule has 0 heterocycles. The van der Waals surface area contributed by atoms with Gasteiger partial charge in [0.1, 0.15) is 6.61 Å². The first-order valence-corrected chi connectivity index (χ1v) is 31.7. The topological polar surface area (TPSA) is 134 Å². The molecule has 0 radical (unpaired) electrons. The molecule has 2 unspecified atom stereocenters. The van der Waals surface area contributed by atoms with Crippen LogP contribution < -0.4 is 5.73 Å². The van der Waals surface area contributed by atoms with Crippen molar-refractivity contribution in [2.75, 3.05) is 26.4 Å². The van der Waals surface area contributed by atoms with Gasteiger partial charge in [0.2, 0.25) is 0 Å². The molecule has 3 N–H and O–H groups in total. The molecular formula is C59H116NO8P. The summed E-state index contributed by atoms with van der Waals surface area (Å²) in [6.07, 6.45) is 64.3. The average molecular weight is 999 g/mol. The molecule has 0 saturated heterocycles. The Hall–Kier alpha value is -1.25. The summed E-state index contributed by atoms with van der Waals surface area (Å²) in [5.74, 6) is -0.813. The molecule has 2 atom stereocenters. The summed E-state index contributed by atoms with van der Waals surface area (Å²) in [6, 6.07) is 0. The molecule has 0 bridgehead atoms. The van der Waals surface area contributed by atoms with Crippen molar-refractivity contribution in [1.82, 2.24) is 0 Å². The van der Waals surface area contributed by atoms with Gasteiger partial charge in [0.15, 0.2) is 6.10 Å². The lowest BCUT2D eigenvalue weighted by atomic mass is 10.0. The standard InChI is InChI=1S/C59H116NO8P/c1-3-5-7-9-11-13-15-17-19-21-23-24-25-26-27-28-29-30-31-32-33-34-36-37-39-41-43-45-47-49-51-58(61)65-55-57(56-67-69(63,64)66-54-53-60)68-59(62)52-50-48-46-44-42-40-38-35-22-20-18-16-14-12-10-8-6-4-2/h20,22,57H,3-19,21,23-56,60H2,1-2H3,(H,63,64)/b22-20-. The Balaban J connectivity index is 3.85. The predicted molar refractivity (Wildman–Crippen MR) is 294 cm³/mol. The third-order valence-corrected chi connectivity index (χ3v) is 14.6. The van der Waals surface area contributed by atoms with Gasteiger partial charge in [-0.2, -0.15) is 0 Å². The third kappa shape index (κ3) is 55.9. The van der Waals surface area contributed by atoms with E-state index in [9.17, 15) is 19.0 Å². The average Bonchev–Trinajstić information content (AvgIpc) is 3.34. The highest BCUT2D eigenvalue weighted by Crippen LogP contribution is 2.43. The molecule has 69 heavy (non-hydrogen) atoms. The fourth-order valence-electron chi connectivity index (χ4n) is 9.16. The number of unbranched alkanes of at least 4 members (excludes halogenated alkanes) is 43. The second-order valence-electron chi connectivity index (χ2n) is 20.6. The predicted octanol–water partition coefficient (Wildman–Crippen LogP) is 18.9. The van der Waals surface area contributed by atoms with Gasteiger partial charge in [-0.15, -0.1) is 0 Å². The van der Waals surface area contributed by atoms with Gasteiger partial charge < -0.3 is 20.1 Å². The van der Waals surface area contributed by atoms with Crippen molar-refractivity contribution in [2.45, 2.75) is 328 Å². The summed E-state index contributed by atoms with van der Waals surface area (Å²) >= 11 is 0. The van der Waals surface area contributed by atoms with Crippen LogP contribution in [-0.4, -0.2) is 49.3 Å². The largest absolute Gasteiger partial charge is 0.472 e. The first kappa shape index (κ1) is 67.8. The number of carbonyl (C=O) groups excluding carboxylic acids is 2. The maximum Gasteiger partial charge on any atom is 0.472 e. The summed E-state index contributed by atoms with van der Waals surface area (Å²) in [6.45, 7) is 3.80. The van der Waals surface area contributed by atoms with Crippen molar-refractivity contribution in [3.8, 4) is 0 Å². The van der Waals surface area contributed by atoms with E-state index in [0.717, 1.165) is 44.9 Å².